The van der Waals surface area contributed by atoms with E-state index in [0.29, 0.717) is 11.5 Å². The summed E-state index contributed by atoms with van der Waals surface area (Å²) in [4.78, 5) is 12.1. The summed E-state index contributed by atoms with van der Waals surface area (Å²) in [6.45, 7) is 0. The Labute approximate surface area is 207 Å². The van der Waals surface area contributed by atoms with E-state index in [9.17, 15) is 18.5 Å². The number of carbonyl (C=O) groups excluding carboxylic acids is 1. The Morgan fingerprint density at radius 2 is 1.79 bits per heavy atom. The Morgan fingerprint density at radius 3 is 2.44 bits per heavy atom. The van der Waals surface area contributed by atoms with Crippen molar-refractivity contribution in [2.45, 2.75) is 16.7 Å². The summed E-state index contributed by atoms with van der Waals surface area (Å²) in [6, 6.07) is 21.0. The van der Waals surface area contributed by atoms with Gasteiger partial charge < -0.3 is 9.47 Å². The molecule has 1 atom stereocenters. The molecule has 1 N–H and O–H groups in total. The van der Waals surface area contributed by atoms with Crippen molar-refractivity contribution in [1.29, 1.82) is 5.26 Å². The summed E-state index contributed by atoms with van der Waals surface area (Å²) >= 11 is 7.43. The van der Waals surface area contributed by atoms with Gasteiger partial charge in [0, 0.05) is 11.5 Å². The number of nitrogens with one attached hydrogen (secondary N) is 1. The van der Waals surface area contributed by atoms with E-state index in [0.717, 1.165) is 5.56 Å². The third-order valence-electron chi connectivity index (χ3n) is 4.63. The summed E-state index contributed by atoms with van der Waals surface area (Å²) in [7, 11) is -2.80. The molecular weight excluding hydrogens is 496 g/mol. The number of methoxy groups -OCH3 is 1. The molecule has 0 bridgehead atoms. The molecule has 0 saturated heterocycles. The van der Waals surface area contributed by atoms with E-state index < -0.39 is 22.0 Å². The van der Waals surface area contributed by atoms with Crippen molar-refractivity contribution >= 4 is 39.4 Å². The minimum absolute atomic E-state index is 0.0478. The van der Waals surface area contributed by atoms with Crippen LogP contribution in [0.25, 0.3) is 0 Å². The summed E-state index contributed by atoms with van der Waals surface area (Å²) < 4.78 is 38.6. The average molecular weight is 517 g/mol. The van der Waals surface area contributed by atoms with Crippen LogP contribution < -0.4 is 9.46 Å². The zero-order valence-electron chi connectivity index (χ0n) is 18.1. The van der Waals surface area contributed by atoms with E-state index in [4.69, 9.17) is 21.1 Å². The topological polar surface area (TPSA) is 105 Å². The van der Waals surface area contributed by atoms with Gasteiger partial charge in [-0.05, 0) is 42.0 Å². The summed E-state index contributed by atoms with van der Waals surface area (Å²) in [6.07, 6.45) is 0. The Kier molecular flexibility index (Phi) is 8.96. The van der Waals surface area contributed by atoms with Gasteiger partial charge in [0.2, 0.25) is 10.0 Å². The number of halogens is 1. The van der Waals surface area contributed by atoms with Crippen molar-refractivity contribution in [1.82, 2.24) is 4.72 Å². The minimum Gasteiger partial charge on any atom is -0.468 e. The van der Waals surface area contributed by atoms with Crippen LogP contribution in [-0.4, -0.2) is 33.3 Å². The van der Waals surface area contributed by atoms with E-state index in [1.807, 2.05) is 36.4 Å². The van der Waals surface area contributed by atoms with Gasteiger partial charge in [0.15, 0.2) is 0 Å². The zero-order chi connectivity index (χ0) is 24.6. The lowest BCUT2D eigenvalue weighted by Gasteiger charge is -2.17. The van der Waals surface area contributed by atoms with Crippen LogP contribution in [0.4, 0.5) is 0 Å². The first kappa shape index (κ1) is 25.6. The predicted molar refractivity (Wildman–Crippen MR) is 131 cm³/mol. The molecule has 0 heterocycles. The average Bonchev–Trinajstić information content (AvgIpc) is 2.84. The van der Waals surface area contributed by atoms with Gasteiger partial charge in [0.1, 0.15) is 29.2 Å². The van der Waals surface area contributed by atoms with E-state index in [-0.39, 0.29) is 27.0 Å². The summed E-state index contributed by atoms with van der Waals surface area (Å²) in [5.74, 6) is 0.726. The van der Waals surface area contributed by atoms with E-state index in [1.165, 1.54) is 43.1 Å². The van der Waals surface area contributed by atoms with Gasteiger partial charge in [-0.1, -0.05) is 48.0 Å². The molecule has 3 aromatic rings. The maximum atomic E-state index is 12.9. The van der Waals surface area contributed by atoms with Gasteiger partial charge in [-0.3, -0.25) is 4.79 Å². The summed E-state index contributed by atoms with van der Waals surface area (Å²) in [5, 5.41) is 9.51. The molecule has 3 rings (SSSR count). The second-order valence-corrected chi connectivity index (χ2v) is 10.1. The molecule has 3 aromatic carbocycles. The normalized spacial score (nSPS) is 11.9. The standard InChI is InChI=1S/C24H21ClN2O5S2/c1-31-24(28)22(16-33-15-17-6-3-2-4-7-17)27-34(29,30)19-12-10-18(11-13-19)32-23-9-5-8-21(25)20(23)14-26/h2-13,22,27H,15-16H2,1H3. The van der Waals surface area contributed by atoms with Gasteiger partial charge in [-0.2, -0.15) is 21.7 Å². The second kappa shape index (κ2) is 11.9. The van der Waals surface area contributed by atoms with Crippen molar-refractivity contribution in [2.75, 3.05) is 12.9 Å². The highest BCUT2D eigenvalue weighted by atomic mass is 35.5. The molecule has 0 amide bonds. The molecule has 34 heavy (non-hydrogen) atoms. The molecule has 0 radical (unpaired) electrons. The molecular formula is C24H21ClN2O5S2. The first-order valence-corrected chi connectivity index (χ1v) is 13.0. The van der Waals surface area contributed by atoms with Gasteiger partial charge in [-0.15, -0.1) is 0 Å². The fraction of sp³-hybridized carbons (Fsp3) is 0.167. The number of esters is 1. The van der Waals surface area contributed by atoms with Crippen LogP contribution in [0.1, 0.15) is 11.1 Å². The number of carbonyl (C=O) groups is 1. The molecule has 0 aliphatic rings. The molecule has 0 spiro atoms. The lowest BCUT2D eigenvalue weighted by atomic mass is 10.2. The first-order valence-electron chi connectivity index (χ1n) is 10.0. The van der Waals surface area contributed by atoms with E-state index in [1.54, 1.807) is 18.2 Å². The molecule has 1 unspecified atom stereocenters. The zero-order valence-corrected chi connectivity index (χ0v) is 20.5. The lowest BCUT2D eigenvalue weighted by molar-refractivity contribution is -0.141. The molecule has 10 heteroatoms. The van der Waals surface area contributed by atoms with Crippen LogP contribution in [-0.2, 0) is 25.3 Å². The van der Waals surface area contributed by atoms with Gasteiger partial charge in [0.05, 0.1) is 17.0 Å². The highest BCUT2D eigenvalue weighted by Crippen LogP contribution is 2.30. The number of nitriles is 1. The number of thioether (sulfide) groups is 1. The fourth-order valence-corrected chi connectivity index (χ4v) is 5.43. The number of benzene rings is 3. The number of rotatable bonds is 10. The van der Waals surface area contributed by atoms with E-state index >= 15 is 0 Å². The third kappa shape index (κ3) is 6.74. The van der Waals surface area contributed by atoms with Crippen molar-refractivity contribution in [2.24, 2.45) is 0 Å². The monoisotopic (exact) mass is 516 g/mol. The molecule has 0 aliphatic carbocycles. The maximum Gasteiger partial charge on any atom is 0.324 e. The Balaban J connectivity index is 1.69. The number of hydrogen-bond donors (Lipinski definition) is 1. The first-order chi connectivity index (χ1) is 16.3. The molecule has 0 aliphatic heterocycles. The fourth-order valence-electron chi connectivity index (χ4n) is 2.93. The molecule has 0 fully saturated rings. The third-order valence-corrected chi connectivity index (χ3v) is 7.54. The van der Waals surface area contributed by atoms with Crippen LogP contribution in [0.5, 0.6) is 11.5 Å². The van der Waals surface area contributed by atoms with Crippen LogP contribution in [0.2, 0.25) is 5.02 Å². The number of nitrogens with zero attached hydrogens (tertiary/aromatic N) is 1. The van der Waals surface area contributed by atoms with Crippen LogP contribution in [0.15, 0.2) is 77.7 Å². The second-order valence-electron chi connectivity index (χ2n) is 7.00. The largest absolute Gasteiger partial charge is 0.468 e. The van der Waals surface area contributed by atoms with Crippen LogP contribution >= 0.6 is 23.4 Å². The van der Waals surface area contributed by atoms with Crippen LogP contribution in [0, 0.1) is 11.3 Å². The smallest absolute Gasteiger partial charge is 0.324 e. The Hall–Kier alpha value is -3.03. The molecule has 0 saturated carbocycles. The molecule has 0 aromatic heterocycles. The van der Waals surface area contributed by atoms with Gasteiger partial charge >= 0.3 is 5.97 Å². The van der Waals surface area contributed by atoms with Crippen LogP contribution in [0.3, 0.4) is 0 Å². The lowest BCUT2D eigenvalue weighted by Crippen LogP contribution is -2.43. The van der Waals surface area contributed by atoms with Gasteiger partial charge in [0.25, 0.3) is 0 Å². The maximum absolute atomic E-state index is 12.9. The quantitative estimate of drug-likeness (QED) is 0.387. The summed E-state index contributed by atoms with van der Waals surface area (Å²) in [5.41, 5.74) is 1.24. The van der Waals surface area contributed by atoms with Crippen molar-refractivity contribution in [3.8, 4) is 17.6 Å². The van der Waals surface area contributed by atoms with Crippen molar-refractivity contribution in [3.05, 3.63) is 88.9 Å². The predicted octanol–water partition coefficient (Wildman–Crippen LogP) is 4.76. The number of sulfonamides is 1. The number of ether oxygens (including phenoxy) is 2. The van der Waals surface area contributed by atoms with Crippen molar-refractivity contribution < 1.29 is 22.7 Å². The Morgan fingerprint density at radius 1 is 1.09 bits per heavy atom. The van der Waals surface area contributed by atoms with Crippen molar-refractivity contribution in [3.63, 3.8) is 0 Å². The van der Waals surface area contributed by atoms with Gasteiger partial charge in [-0.25, -0.2) is 8.42 Å². The highest BCUT2D eigenvalue weighted by molar-refractivity contribution is 7.98. The highest BCUT2D eigenvalue weighted by Gasteiger charge is 2.26. The Bertz CT molecular complexity index is 1280. The number of hydrogen-bond acceptors (Lipinski definition) is 7. The van der Waals surface area contributed by atoms with E-state index in [2.05, 4.69) is 4.72 Å². The molecule has 7 nitrogen and oxygen atoms in total. The SMILES string of the molecule is COC(=O)C(CSCc1ccccc1)NS(=O)(=O)c1ccc(Oc2cccc(Cl)c2C#N)cc1. The minimum atomic E-state index is -4.01. The molecule has 176 valence electrons.